The standard InChI is InChI=1S/C4H11B.C4H11NO/c1-2-3-4-5;1-3-4-5-6-2/h2-5H2,1H3;5H,3-4H2,1-2H3. The van der Waals surface area contributed by atoms with Crippen molar-refractivity contribution < 1.29 is 4.84 Å². The topological polar surface area (TPSA) is 21.3 Å². The molecule has 0 radical (unpaired) electrons. The molecule has 0 saturated carbocycles. The largest absolute Gasteiger partial charge is 0.305 e. The van der Waals surface area contributed by atoms with E-state index in [9.17, 15) is 0 Å². The van der Waals surface area contributed by atoms with Gasteiger partial charge >= 0.3 is 0 Å². The third-order valence-corrected chi connectivity index (χ3v) is 1.20. The Hall–Kier alpha value is -0.0151. The Labute approximate surface area is 72.1 Å². The van der Waals surface area contributed by atoms with Gasteiger partial charge in [0.25, 0.3) is 0 Å². The van der Waals surface area contributed by atoms with Gasteiger partial charge in [-0.05, 0) is 6.42 Å². The van der Waals surface area contributed by atoms with Crippen molar-refractivity contribution in [2.45, 2.75) is 39.4 Å². The maximum absolute atomic E-state index is 4.53. The van der Waals surface area contributed by atoms with Crippen LogP contribution in [0, 0.1) is 0 Å². The number of hydrogen-bond donors (Lipinski definition) is 1. The van der Waals surface area contributed by atoms with Crippen molar-refractivity contribution >= 4 is 7.85 Å². The molecular weight excluding hydrogens is 137 g/mol. The first-order valence-corrected chi connectivity index (χ1v) is 4.59. The number of hydrogen-bond acceptors (Lipinski definition) is 2. The Bertz CT molecular complexity index is 47.4. The third-order valence-electron chi connectivity index (χ3n) is 1.20. The van der Waals surface area contributed by atoms with Gasteiger partial charge in [-0.3, -0.25) is 0 Å². The normalized spacial score (nSPS) is 8.64. The van der Waals surface area contributed by atoms with E-state index in [0.717, 1.165) is 13.0 Å². The van der Waals surface area contributed by atoms with Gasteiger partial charge in [-0.1, -0.05) is 33.0 Å². The van der Waals surface area contributed by atoms with Crippen LogP contribution in [0.25, 0.3) is 0 Å². The van der Waals surface area contributed by atoms with E-state index < -0.39 is 0 Å². The lowest BCUT2D eigenvalue weighted by Gasteiger charge is -1.93. The summed E-state index contributed by atoms with van der Waals surface area (Å²) in [6.07, 6.45) is 5.20. The molecule has 0 aliphatic carbocycles. The summed E-state index contributed by atoms with van der Waals surface area (Å²) < 4.78 is 0. The summed E-state index contributed by atoms with van der Waals surface area (Å²) in [5, 5.41) is 0. The van der Waals surface area contributed by atoms with E-state index in [2.05, 4.69) is 32.0 Å². The molecule has 0 amide bonds. The van der Waals surface area contributed by atoms with Crippen molar-refractivity contribution in [3.8, 4) is 0 Å². The molecule has 0 aromatic carbocycles. The Morgan fingerprint density at radius 3 is 2.00 bits per heavy atom. The Kier molecular flexibility index (Phi) is 20.4. The zero-order valence-electron chi connectivity index (χ0n) is 8.44. The van der Waals surface area contributed by atoms with E-state index >= 15 is 0 Å². The minimum Gasteiger partial charge on any atom is -0.305 e. The minimum absolute atomic E-state index is 0.941. The van der Waals surface area contributed by atoms with Crippen LogP contribution in [-0.4, -0.2) is 21.5 Å². The summed E-state index contributed by atoms with van der Waals surface area (Å²) in [6.45, 7) is 5.24. The summed E-state index contributed by atoms with van der Waals surface area (Å²) in [5.74, 6) is 0. The highest BCUT2D eigenvalue weighted by molar-refractivity contribution is 6.08. The summed E-state index contributed by atoms with van der Waals surface area (Å²) in [4.78, 5) is 4.53. The molecule has 0 heterocycles. The SMILES string of the molecule is BCCCC.CCCNOC. The summed E-state index contributed by atoms with van der Waals surface area (Å²) >= 11 is 0. The van der Waals surface area contributed by atoms with Gasteiger partial charge in [0.2, 0.25) is 0 Å². The van der Waals surface area contributed by atoms with Crippen molar-refractivity contribution in [2.24, 2.45) is 0 Å². The Balaban J connectivity index is 0. The number of nitrogens with one attached hydrogen (secondary N) is 1. The summed E-state index contributed by atoms with van der Waals surface area (Å²) in [5.41, 5.74) is 2.70. The number of hydroxylamine groups is 1. The first kappa shape index (κ1) is 13.6. The monoisotopic (exact) mass is 159 g/mol. The zero-order chi connectivity index (χ0) is 8.95. The lowest BCUT2D eigenvalue weighted by Crippen LogP contribution is -2.11. The van der Waals surface area contributed by atoms with E-state index in [1.165, 1.54) is 19.2 Å². The van der Waals surface area contributed by atoms with Crippen molar-refractivity contribution in [3.63, 3.8) is 0 Å². The Morgan fingerprint density at radius 1 is 1.27 bits per heavy atom. The second-order valence-electron chi connectivity index (χ2n) is 2.45. The smallest absolute Gasteiger partial charge is 0.101 e. The lowest BCUT2D eigenvalue weighted by molar-refractivity contribution is 0.0920. The van der Waals surface area contributed by atoms with E-state index in [-0.39, 0.29) is 0 Å². The molecule has 11 heavy (non-hydrogen) atoms. The molecule has 0 atom stereocenters. The molecular formula is C8H22BNO. The van der Waals surface area contributed by atoms with Crippen LogP contribution in [0.3, 0.4) is 0 Å². The average Bonchev–Trinajstić information content (AvgIpc) is 2.04. The van der Waals surface area contributed by atoms with Gasteiger partial charge in [0.05, 0.1) is 7.11 Å². The molecule has 0 aliphatic rings. The van der Waals surface area contributed by atoms with E-state index in [1.807, 2.05) is 0 Å². The van der Waals surface area contributed by atoms with Crippen molar-refractivity contribution in [1.82, 2.24) is 5.48 Å². The van der Waals surface area contributed by atoms with E-state index in [4.69, 9.17) is 0 Å². The molecule has 1 N–H and O–H groups in total. The summed E-state index contributed by atoms with van der Waals surface area (Å²) in [7, 11) is 3.83. The van der Waals surface area contributed by atoms with E-state index in [1.54, 1.807) is 7.11 Å². The van der Waals surface area contributed by atoms with Crippen LogP contribution in [0.2, 0.25) is 6.32 Å². The highest BCUT2D eigenvalue weighted by Crippen LogP contribution is 1.86. The molecule has 0 rings (SSSR count). The Morgan fingerprint density at radius 2 is 1.91 bits per heavy atom. The highest BCUT2D eigenvalue weighted by atomic mass is 16.6. The van der Waals surface area contributed by atoms with Crippen molar-refractivity contribution in [1.29, 1.82) is 0 Å². The van der Waals surface area contributed by atoms with Gasteiger partial charge in [-0.15, -0.1) is 0 Å². The number of rotatable bonds is 5. The van der Waals surface area contributed by atoms with Crippen LogP contribution in [0.1, 0.15) is 33.1 Å². The molecule has 3 heteroatoms. The highest BCUT2D eigenvalue weighted by Gasteiger charge is 1.71. The van der Waals surface area contributed by atoms with E-state index in [0.29, 0.717) is 0 Å². The first-order chi connectivity index (χ1) is 5.33. The number of unbranched alkanes of at least 4 members (excludes halogenated alkanes) is 1. The zero-order valence-corrected chi connectivity index (χ0v) is 8.44. The molecule has 0 fully saturated rings. The fourth-order valence-corrected chi connectivity index (χ4v) is 0.558. The predicted octanol–water partition coefficient (Wildman–Crippen LogP) is 1.39. The predicted molar refractivity (Wildman–Crippen MR) is 53.6 cm³/mol. The molecule has 0 bridgehead atoms. The summed E-state index contributed by atoms with van der Waals surface area (Å²) in [6, 6.07) is 0. The molecule has 0 saturated heterocycles. The fraction of sp³-hybridized carbons (Fsp3) is 1.00. The lowest BCUT2D eigenvalue weighted by atomic mass is 10.0. The molecule has 0 spiro atoms. The molecule has 2 nitrogen and oxygen atoms in total. The van der Waals surface area contributed by atoms with Crippen LogP contribution in [0.15, 0.2) is 0 Å². The van der Waals surface area contributed by atoms with Crippen molar-refractivity contribution in [2.75, 3.05) is 13.7 Å². The fourth-order valence-electron chi connectivity index (χ4n) is 0.558. The quantitative estimate of drug-likeness (QED) is 0.371. The van der Waals surface area contributed by atoms with Crippen molar-refractivity contribution in [3.05, 3.63) is 0 Å². The molecule has 68 valence electrons. The molecule has 0 aromatic heterocycles. The van der Waals surface area contributed by atoms with Gasteiger partial charge in [0.1, 0.15) is 7.85 Å². The molecule has 0 aromatic rings. The maximum atomic E-state index is 4.53. The van der Waals surface area contributed by atoms with Crippen LogP contribution >= 0.6 is 0 Å². The molecule has 0 unspecified atom stereocenters. The average molecular weight is 159 g/mol. The van der Waals surface area contributed by atoms with Gasteiger partial charge < -0.3 is 4.84 Å². The first-order valence-electron chi connectivity index (χ1n) is 4.59. The van der Waals surface area contributed by atoms with Gasteiger partial charge in [0.15, 0.2) is 0 Å². The maximum Gasteiger partial charge on any atom is 0.101 e. The molecule has 0 aliphatic heterocycles. The van der Waals surface area contributed by atoms with Crippen LogP contribution < -0.4 is 5.48 Å². The third kappa shape index (κ3) is 25.6. The van der Waals surface area contributed by atoms with Gasteiger partial charge in [0, 0.05) is 6.54 Å². The van der Waals surface area contributed by atoms with Crippen LogP contribution in [0.4, 0.5) is 0 Å². The second kappa shape index (κ2) is 16.5. The van der Waals surface area contributed by atoms with Crippen LogP contribution in [0.5, 0.6) is 0 Å². The van der Waals surface area contributed by atoms with Gasteiger partial charge in [-0.25, -0.2) is 5.48 Å². The van der Waals surface area contributed by atoms with Gasteiger partial charge in [-0.2, -0.15) is 0 Å². The van der Waals surface area contributed by atoms with Crippen LogP contribution in [-0.2, 0) is 4.84 Å². The minimum atomic E-state index is 0.941. The second-order valence-corrected chi connectivity index (χ2v) is 2.45.